The summed E-state index contributed by atoms with van der Waals surface area (Å²) < 4.78 is 13.5. The fourth-order valence-corrected chi connectivity index (χ4v) is 4.00. The lowest BCUT2D eigenvalue weighted by Gasteiger charge is -2.37. The zero-order valence-electron chi connectivity index (χ0n) is 15.7. The van der Waals surface area contributed by atoms with Crippen molar-refractivity contribution in [3.05, 3.63) is 65.5 Å². The second-order valence-corrected chi connectivity index (χ2v) is 7.44. The highest BCUT2D eigenvalue weighted by Gasteiger charge is 2.34. The third kappa shape index (κ3) is 4.07. The molecule has 2 aliphatic heterocycles. The summed E-state index contributed by atoms with van der Waals surface area (Å²) in [5.41, 5.74) is 2.44. The zero-order valence-corrected chi connectivity index (χ0v) is 15.7. The van der Waals surface area contributed by atoms with E-state index in [1.165, 1.54) is 17.7 Å². The predicted octanol–water partition coefficient (Wildman–Crippen LogP) is 2.64. The van der Waals surface area contributed by atoms with E-state index in [1.807, 2.05) is 11.0 Å². The van der Waals surface area contributed by atoms with Crippen LogP contribution in [-0.4, -0.2) is 54.3 Å². The average Bonchev–Trinajstić information content (AvgIpc) is 2.72. The molecule has 2 aromatic carbocycles. The van der Waals surface area contributed by atoms with Crippen molar-refractivity contribution in [3.8, 4) is 0 Å². The molecule has 1 atom stereocenters. The fourth-order valence-electron chi connectivity index (χ4n) is 4.00. The molecule has 4 rings (SSSR count). The van der Waals surface area contributed by atoms with Crippen LogP contribution in [0.3, 0.4) is 0 Å². The predicted molar refractivity (Wildman–Crippen MR) is 106 cm³/mol. The van der Waals surface area contributed by atoms with Crippen molar-refractivity contribution in [1.29, 1.82) is 0 Å². The number of fused-ring (bicyclic) bond motifs is 1. The van der Waals surface area contributed by atoms with Crippen molar-refractivity contribution in [2.24, 2.45) is 0 Å². The van der Waals surface area contributed by atoms with E-state index in [0.29, 0.717) is 24.3 Å². The van der Waals surface area contributed by atoms with Crippen molar-refractivity contribution in [2.45, 2.75) is 18.8 Å². The number of hydrogen-bond donors (Lipinski definition) is 1. The fraction of sp³-hybridized carbons (Fsp3) is 0.364. The first kappa shape index (κ1) is 18.6. The molecule has 2 amide bonds. The smallest absolute Gasteiger partial charge is 0.230 e. The molecule has 6 heteroatoms. The van der Waals surface area contributed by atoms with Crippen LogP contribution in [0, 0.1) is 5.82 Å². The van der Waals surface area contributed by atoms with Crippen molar-refractivity contribution in [3.63, 3.8) is 0 Å². The Balaban J connectivity index is 1.36. The van der Waals surface area contributed by atoms with Crippen LogP contribution in [0.1, 0.15) is 23.5 Å². The average molecular weight is 381 g/mol. The number of piperazine rings is 1. The van der Waals surface area contributed by atoms with Gasteiger partial charge >= 0.3 is 0 Å². The second-order valence-electron chi connectivity index (χ2n) is 7.44. The number of carbonyl (C=O) groups excluding carboxylic acids is 2. The molecule has 0 bridgehead atoms. The third-order valence-corrected chi connectivity index (χ3v) is 5.60. The van der Waals surface area contributed by atoms with Gasteiger partial charge in [0.2, 0.25) is 11.8 Å². The summed E-state index contributed by atoms with van der Waals surface area (Å²) in [6.45, 7) is 3.94. The Morgan fingerprint density at radius 3 is 2.57 bits per heavy atom. The zero-order chi connectivity index (χ0) is 19.5. The standard InChI is InChI=1S/C22H24FN3O2/c23-17-6-7-18-19(15-21(27)24-20(18)14-17)22(28)26-12-10-25(11-13-26)9-8-16-4-2-1-3-5-16/h1-7,14,19H,8-13,15H2,(H,24,27)/t19-/m1/s1. The van der Waals surface area contributed by atoms with Crippen molar-refractivity contribution >= 4 is 17.5 Å². The van der Waals surface area contributed by atoms with Gasteiger partial charge in [0.05, 0.1) is 5.92 Å². The Morgan fingerprint density at radius 2 is 1.82 bits per heavy atom. The maximum absolute atomic E-state index is 13.5. The summed E-state index contributed by atoms with van der Waals surface area (Å²) in [5.74, 6) is -1.22. The number of rotatable bonds is 4. The van der Waals surface area contributed by atoms with Crippen LogP contribution >= 0.6 is 0 Å². The molecule has 1 N–H and O–H groups in total. The molecular formula is C22H24FN3O2. The van der Waals surface area contributed by atoms with E-state index in [9.17, 15) is 14.0 Å². The van der Waals surface area contributed by atoms with Gasteiger partial charge in [-0.2, -0.15) is 0 Å². The van der Waals surface area contributed by atoms with Crippen molar-refractivity contribution in [1.82, 2.24) is 9.80 Å². The lowest BCUT2D eigenvalue weighted by Crippen LogP contribution is -2.51. The van der Waals surface area contributed by atoms with Crippen LogP contribution in [0.2, 0.25) is 0 Å². The van der Waals surface area contributed by atoms with Crippen molar-refractivity contribution < 1.29 is 14.0 Å². The van der Waals surface area contributed by atoms with Crippen LogP contribution in [0.5, 0.6) is 0 Å². The summed E-state index contributed by atoms with van der Waals surface area (Å²) in [4.78, 5) is 29.3. The molecule has 2 aliphatic rings. The van der Waals surface area contributed by atoms with Crippen LogP contribution in [0.4, 0.5) is 10.1 Å². The number of nitrogens with zero attached hydrogens (tertiary/aromatic N) is 2. The molecule has 2 aromatic rings. The van der Waals surface area contributed by atoms with E-state index >= 15 is 0 Å². The molecule has 0 saturated carbocycles. The molecule has 1 saturated heterocycles. The molecule has 1 fully saturated rings. The van der Waals surface area contributed by atoms with Gasteiger partial charge in [0.1, 0.15) is 5.82 Å². The number of amides is 2. The van der Waals surface area contributed by atoms with Gasteiger partial charge in [-0.15, -0.1) is 0 Å². The van der Waals surface area contributed by atoms with Gasteiger partial charge in [0.25, 0.3) is 0 Å². The molecule has 28 heavy (non-hydrogen) atoms. The number of carbonyl (C=O) groups is 2. The summed E-state index contributed by atoms with van der Waals surface area (Å²) in [6, 6.07) is 14.6. The normalized spacial score (nSPS) is 19.8. The minimum atomic E-state index is -0.528. The van der Waals surface area contributed by atoms with Gasteiger partial charge in [-0.1, -0.05) is 36.4 Å². The van der Waals surface area contributed by atoms with E-state index in [-0.39, 0.29) is 18.2 Å². The molecule has 2 heterocycles. The molecule has 0 spiro atoms. The number of hydrogen-bond acceptors (Lipinski definition) is 3. The van der Waals surface area contributed by atoms with Crippen LogP contribution in [0.15, 0.2) is 48.5 Å². The summed E-state index contributed by atoms with van der Waals surface area (Å²) in [7, 11) is 0. The Hall–Kier alpha value is -2.73. The highest BCUT2D eigenvalue weighted by Crippen LogP contribution is 2.34. The Labute approximate surface area is 164 Å². The number of benzene rings is 2. The first-order valence-electron chi connectivity index (χ1n) is 9.74. The first-order chi connectivity index (χ1) is 13.6. The molecule has 0 radical (unpaired) electrons. The van der Waals surface area contributed by atoms with Gasteiger partial charge < -0.3 is 10.2 Å². The number of halogens is 1. The minimum Gasteiger partial charge on any atom is -0.340 e. The SMILES string of the molecule is O=C1C[C@@H](C(=O)N2CCN(CCc3ccccc3)CC2)c2ccc(F)cc2N1. The van der Waals surface area contributed by atoms with E-state index in [1.54, 1.807) is 6.07 Å². The van der Waals surface area contributed by atoms with Gasteiger partial charge in [-0.25, -0.2) is 4.39 Å². The van der Waals surface area contributed by atoms with Gasteiger partial charge in [0, 0.05) is 44.8 Å². The van der Waals surface area contributed by atoms with Gasteiger partial charge in [-0.3, -0.25) is 14.5 Å². The van der Waals surface area contributed by atoms with E-state index < -0.39 is 11.7 Å². The van der Waals surface area contributed by atoms with E-state index in [4.69, 9.17) is 0 Å². The maximum Gasteiger partial charge on any atom is 0.230 e. The van der Waals surface area contributed by atoms with Gasteiger partial charge in [0.15, 0.2) is 0 Å². The molecule has 0 unspecified atom stereocenters. The Bertz CT molecular complexity index is 863. The molecule has 0 aromatic heterocycles. The minimum absolute atomic E-state index is 0.0367. The highest BCUT2D eigenvalue weighted by molar-refractivity contribution is 6.01. The van der Waals surface area contributed by atoms with Crippen LogP contribution in [0.25, 0.3) is 0 Å². The highest BCUT2D eigenvalue weighted by atomic mass is 19.1. The maximum atomic E-state index is 13.5. The second kappa shape index (κ2) is 8.10. The Morgan fingerprint density at radius 1 is 1.07 bits per heavy atom. The van der Waals surface area contributed by atoms with Crippen LogP contribution in [-0.2, 0) is 16.0 Å². The van der Waals surface area contributed by atoms with Crippen LogP contribution < -0.4 is 5.32 Å². The van der Waals surface area contributed by atoms with E-state index in [0.717, 1.165) is 26.1 Å². The molecule has 5 nitrogen and oxygen atoms in total. The number of nitrogens with one attached hydrogen (secondary N) is 1. The quantitative estimate of drug-likeness (QED) is 0.886. The molecule has 0 aliphatic carbocycles. The largest absolute Gasteiger partial charge is 0.340 e. The monoisotopic (exact) mass is 381 g/mol. The third-order valence-electron chi connectivity index (χ3n) is 5.60. The van der Waals surface area contributed by atoms with E-state index in [2.05, 4.69) is 34.5 Å². The molecular weight excluding hydrogens is 357 g/mol. The van der Waals surface area contributed by atoms with Crippen molar-refractivity contribution in [2.75, 3.05) is 38.0 Å². The summed E-state index contributed by atoms with van der Waals surface area (Å²) >= 11 is 0. The van der Waals surface area contributed by atoms with Gasteiger partial charge in [-0.05, 0) is 29.7 Å². The first-order valence-corrected chi connectivity index (χ1v) is 9.74. The Kier molecular flexibility index (Phi) is 5.39. The lowest BCUT2D eigenvalue weighted by atomic mass is 9.89. The molecule has 146 valence electrons. The lowest BCUT2D eigenvalue weighted by molar-refractivity contribution is -0.136. The number of anilines is 1. The summed E-state index contributed by atoms with van der Waals surface area (Å²) in [6.07, 6.45) is 1.11. The topological polar surface area (TPSA) is 52.7 Å². The summed E-state index contributed by atoms with van der Waals surface area (Å²) in [5, 5.41) is 2.67.